The average Bonchev–Trinajstić information content (AvgIpc) is 3.09. The molecule has 3 saturated heterocycles. The molecule has 4 heterocycles. The van der Waals surface area contributed by atoms with Crippen molar-refractivity contribution in [2.24, 2.45) is 5.92 Å². The molecule has 3 fully saturated rings. The van der Waals surface area contributed by atoms with Crippen LogP contribution in [-0.2, 0) is 0 Å². The molecule has 2 bridgehead atoms. The summed E-state index contributed by atoms with van der Waals surface area (Å²) in [6.45, 7) is 4.51. The maximum atomic E-state index is 12.5. The number of piperidine rings is 3. The van der Waals surface area contributed by atoms with Gasteiger partial charge in [0.25, 0.3) is 5.91 Å². The second kappa shape index (κ2) is 5.81. The molecule has 3 aliphatic heterocycles. The van der Waals surface area contributed by atoms with Gasteiger partial charge in [0.05, 0.1) is 0 Å². The quantitative estimate of drug-likeness (QED) is 0.946. The lowest BCUT2D eigenvalue weighted by Gasteiger charge is -2.49. The van der Waals surface area contributed by atoms with Crippen LogP contribution in [0.2, 0.25) is 0 Å². The van der Waals surface area contributed by atoms with Crippen LogP contribution in [0.4, 0.5) is 0 Å². The number of oxazole rings is 1. The van der Waals surface area contributed by atoms with Crippen LogP contribution in [0.1, 0.15) is 30.3 Å². The number of rotatable bonds is 3. The van der Waals surface area contributed by atoms with Crippen LogP contribution in [0.15, 0.2) is 41.0 Å². The molecule has 2 unspecified atom stereocenters. The number of amides is 1. The van der Waals surface area contributed by atoms with Crippen molar-refractivity contribution in [1.29, 1.82) is 0 Å². The molecule has 1 aromatic heterocycles. The first-order chi connectivity index (χ1) is 11.2. The van der Waals surface area contributed by atoms with Crippen molar-refractivity contribution in [2.45, 2.75) is 31.8 Å². The maximum absolute atomic E-state index is 12.5. The Bertz CT molecular complexity index is 687. The molecule has 1 N–H and O–H groups in total. The van der Waals surface area contributed by atoms with E-state index in [0.29, 0.717) is 23.5 Å². The van der Waals surface area contributed by atoms with E-state index in [1.165, 1.54) is 19.1 Å². The van der Waals surface area contributed by atoms with Crippen molar-refractivity contribution >= 4 is 5.91 Å². The fourth-order valence-corrected chi connectivity index (χ4v) is 3.86. The monoisotopic (exact) mass is 311 g/mol. The van der Waals surface area contributed by atoms with E-state index in [0.717, 1.165) is 18.7 Å². The number of carbonyl (C=O) groups is 1. The van der Waals surface area contributed by atoms with Crippen molar-refractivity contribution in [3.8, 4) is 11.5 Å². The molecule has 23 heavy (non-hydrogen) atoms. The molecule has 3 aliphatic rings. The summed E-state index contributed by atoms with van der Waals surface area (Å²) in [6, 6.07) is 10.2. The van der Waals surface area contributed by atoms with Crippen LogP contribution in [0.25, 0.3) is 11.5 Å². The molecule has 0 saturated carbocycles. The highest BCUT2D eigenvalue weighted by molar-refractivity contribution is 5.92. The second-order valence-corrected chi connectivity index (χ2v) is 6.52. The Morgan fingerprint density at radius 1 is 1.26 bits per heavy atom. The van der Waals surface area contributed by atoms with Crippen LogP contribution >= 0.6 is 0 Å². The first-order valence-corrected chi connectivity index (χ1v) is 8.28. The van der Waals surface area contributed by atoms with Crippen molar-refractivity contribution in [3.05, 3.63) is 42.3 Å². The summed E-state index contributed by atoms with van der Waals surface area (Å²) in [5.41, 5.74) is 1.23. The molecular formula is C18H21N3O2. The molecule has 1 amide bonds. The minimum absolute atomic E-state index is 0.137. The van der Waals surface area contributed by atoms with Gasteiger partial charge in [0, 0.05) is 17.6 Å². The first-order valence-electron chi connectivity index (χ1n) is 8.28. The minimum Gasteiger partial charge on any atom is -0.444 e. The van der Waals surface area contributed by atoms with Gasteiger partial charge in [0.1, 0.15) is 6.26 Å². The molecule has 0 aliphatic carbocycles. The topological polar surface area (TPSA) is 58.4 Å². The van der Waals surface area contributed by atoms with Crippen molar-refractivity contribution in [3.63, 3.8) is 0 Å². The Morgan fingerprint density at radius 2 is 2.00 bits per heavy atom. The zero-order valence-electron chi connectivity index (χ0n) is 13.2. The van der Waals surface area contributed by atoms with Crippen molar-refractivity contribution in [1.82, 2.24) is 15.2 Å². The summed E-state index contributed by atoms with van der Waals surface area (Å²) in [4.78, 5) is 19.3. The fourth-order valence-electron chi connectivity index (χ4n) is 3.86. The van der Waals surface area contributed by atoms with Gasteiger partial charge in [0.2, 0.25) is 5.89 Å². The van der Waals surface area contributed by atoms with E-state index in [2.05, 4.69) is 22.1 Å². The summed E-state index contributed by atoms with van der Waals surface area (Å²) in [5, 5.41) is 3.18. The minimum atomic E-state index is -0.137. The average molecular weight is 311 g/mol. The third kappa shape index (κ3) is 2.65. The normalized spacial score (nSPS) is 29.4. The summed E-state index contributed by atoms with van der Waals surface area (Å²) in [6.07, 6.45) is 3.79. The van der Waals surface area contributed by atoms with E-state index >= 15 is 0 Å². The molecule has 2 atom stereocenters. The molecule has 2 aromatic rings. The summed E-state index contributed by atoms with van der Waals surface area (Å²) < 4.78 is 5.47. The number of carbonyl (C=O) groups excluding carboxylic acids is 1. The van der Waals surface area contributed by atoms with E-state index in [4.69, 9.17) is 4.42 Å². The van der Waals surface area contributed by atoms with Crippen LogP contribution in [0, 0.1) is 5.92 Å². The summed E-state index contributed by atoms with van der Waals surface area (Å²) in [5.74, 6) is 0.929. The number of nitrogens with one attached hydrogen (secondary N) is 1. The number of hydrogen-bond acceptors (Lipinski definition) is 4. The Kier molecular flexibility index (Phi) is 3.65. The molecule has 120 valence electrons. The van der Waals surface area contributed by atoms with Crippen LogP contribution < -0.4 is 5.32 Å². The molecular weight excluding hydrogens is 290 g/mol. The SMILES string of the molecule is CC1C(NC(=O)c2coc(-c3ccccc3)n2)C2CCN1CC2. The standard InChI is InChI=1S/C18H21N3O2/c1-12-16(13-7-9-21(12)10-8-13)20-17(22)15-11-23-18(19-15)14-5-3-2-4-6-14/h2-6,11-13,16H,7-10H2,1H3,(H,20,22). The fraction of sp³-hybridized carbons (Fsp3) is 0.444. The number of fused-ring (bicyclic) bond motifs is 3. The van der Waals surface area contributed by atoms with Gasteiger partial charge in [-0.25, -0.2) is 4.98 Å². The van der Waals surface area contributed by atoms with Gasteiger partial charge >= 0.3 is 0 Å². The number of nitrogens with zero attached hydrogens (tertiary/aromatic N) is 2. The van der Waals surface area contributed by atoms with Gasteiger partial charge in [-0.15, -0.1) is 0 Å². The van der Waals surface area contributed by atoms with Crippen molar-refractivity contribution in [2.75, 3.05) is 13.1 Å². The Labute approximate surface area is 135 Å². The van der Waals surface area contributed by atoms with Gasteiger partial charge in [-0.3, -0.25) is 9.69 Å². The number of aromatic nitrogens is 1. The molecule has 0 spiro atoms. The van der Waals surface area contributed by atoms with E-state index in [-0.39, 0.29) is 11.9 Å². The smallest absolute Gasteiger partial charge is 0.273 e. The van der Waals surface area contributed by atoms with Gasteiger partial charge in [-0.2, -0.15) is 0 Å². The first kappa shape index (κ1) is 14.5. The lowest BCUT2D eigenvalue weighted by molar-refractivity contribution is 0.0216. The number of benzene rings is 1. The Morgan fingerprint density at radius 3 is 2.70 bits per heavy atom. The lowest BCUT2D eigenvalue weighted by Crippen LogP contribution is -2.62. The Hall–Kier alpha value is -2.14. The molecule has 5 heteroatoms. The van der Waals surface area contributed by atoms with E-state index in [1.807, 2.05) is 30.3 Å². The third-order valence-corrected chi connectivity index (χ3v) is 5.23. The van der Waals surface area contributed by atoms with Crippen LogP contribution in [-0.4, -0.2) is 41.0 Å². The van der Waals surface area contributed by atoms with Gasteiger partial charge in [-0.1, -0.05) is 18.2 Å². The summed E-state index contributed by atoms with van der Waals surface area (Å²) in [7, 11) is 0. The van der Waals surface area contributed by atoms with Gasteiger partial charge < -0.3 is 9.73 Å². The summed E-state index contributed by atoms with van der Waals surface area (Å²) >= 11 is 0. The molecule has 5 nitrogen and oxygen atoms in total. The van der Waals surface area contributed by atoms with E-state index in [9.17, 15) is 4.79 Å². The largest absolute Gasteiger partial charge is 0.444 e. The second-order valence-electron chi connectivity index (χ2n) is 6.52. The highest BCUT2D eigenvalue weighted by Crippen LogP contribution is 2.32. The maximum Gasteiger partial charge on any atom is 0.273 e. The van der Waals surface area contributed by atoms with Gasteiger partial charge in [-0.05, 0) is 50.9 Å². The molecule has 1 aromatic carbocycles. The van der Waals surface area contributed by atoms with Crippen LogP contribution in [0.5, 0.6) is 0 Å². The van der Waals surface area contributed by atoms with E-state index in [1.54, 1.807) is 0 Å². The molecule has 5 rings (SSSR count). The van der Waals surface area contributed by atoms with E-state index < -0.39 is 0 Å². The Balaban J connectivity index is 1.49. The zero-order valence-corrected chi connectivity index (χ0v) is 13.2. The predicted octanol–water partition coefficient (Wildman–Crippen LogP) is 2.55. The predicted molar refractivity (Wildman–Crippen MR) is 87.0 cm³/mol. The lowest BCUT2D eigenvalue weighted by atomic mass is 9.79. The third-order valence-electron chi connectivity index (χ3n) is 5.23. The zero-order chi connectivity index (χ0) is 15.8. The highest BCUT2D eigenvalue weighted by atomic mass is 16.3. The van der Waals surface area contributed by atoms with Crippen LogP contribution in [0.3, 0.4) is 0 Å². The molecule has 0 radical (unpaired) electrons. The highest BCUT2D eigenvalue weighted by Gasteiger charge is 2.40. The van der Waals surface area contributed by atoms with Crippen molar-refractivity contribution < 1.29 is 9.21 Å². The number of hydrogen-bond donors (Lipinski definition) is 1. The van der Waals surface area contributed by atoms with Gasteiger partial charge in [0.15, 0.2) is 5.69 Å².